The van der Waals surface area contributed by atoms with Crippen molar-refractivity contribution in [3.8, 4) is 0 Å². The minimum atomic E-state index is -0.478. The van der Waals surface area contributed by atoms with Gasteiger partial charge < -0.3 is 5.32 Å². The highest BCUT2D eigenvalue weighted by Gasteiger charge is 2.37. The summed E-state index contributed by atoms with van der Waals surface area (Å²) in [7, 11) is 0. The fraction of sp³-hybridized carbons (Fsp3) is 0.111. The van der Waals surface area contributed by atoms with E-state index in [2.05, 4.69) is 5.32 Å². The van der Waals surface area contributed by atoms with Crippen LogP contribution in [0.5, 0.6) is 0 Å². The van der Waals surface area contributed by atoms with E-state index in [0.29, 0.717) is 17.1 Å². The number of hydrogen-bond acceptors (Lipinski definition) is 3. The molecule has 0 aliphatic carbocycles. The second kappa shape index (κ2) is 7.07. The standard InChI is InChI=1S/C18H14Cl2N2O2/c19-13-6-8-14(9-7-13)21-16-15(20)17(23)22(18(16)24)11-10-12-4-2-1-3-5-12/h1-9,21H,10-11H2. The molecule has 1 aliphatic rings. The number of amides is 2. The molecule has 24 heavy (non-hydrogen) atoms. The summed E-state index contributed by atoms with van der Waals surface area (Å²) in [6.45, 7) is 0.281. The number of hydrogen-bond donors (Lipinski definition) is 1. The van der Waals surface area contributed by atoms with Gasteiger partial charge >= 0.3 is 0 Å². The lowest BCUT2D eigenvalue weighted by Gasteiger charge is -2.15. The number of anilines is 1. The van der Waals surface area contributed by atoms with Gasteiger partial charge in [0.1, 0.15) is 10.7 Å². The van der Waals surface area contributed by atoms with Gasteiger partial charge in [0, 0.05) is 17.3 Å². The number of benzene rings is 2. The Morgan fingerprint density at radius 1 is 0.875 bits per heavy atom. The topological polar surface area (TPSA) is 49.4 Å². The smallest absolute Gasteiger partial charge is 0.278 e. The maximum atomic E-state index is 12.5. The molecule has 0 atom stereocenters. The zero-order valence-electron chi connectivity index (χ0n) is 12.6. The van der Waals surface area contributed by atoms with Crippen molar-refractivity contribution in [3.05, 3.63) is 75.9 Å². The molecule has 3 rings (SSSR count). The largest absolute Gasteiger partial charge is 0.350 e. The summed E-state index contributed by atoms with van der Waals surface area (Å²) in [5.41, 5.74) is 1.78. The number of nitrogens with zero attached hydrogens (tertiary/aromatic N) is 1. The molecule has 6 heteroatoms. The fourth-order valence-electron chi connectivity index (χ4n) is 2.42. The van der Waals surface area contributed by atoms with Crippen LogP contribution in [0, 0.1) is 0 Å². The zero-order chi connectivity index (χ0) is 17.1. The van der Waals surface area contributed by atoms with Gasteiger partial charge in [0.05, 0.1) is 0 Å². The molecule has 1 heterocycles. The van der Waals surface area contributed by atoms with Crippen LogP contribution in [0.2, 0.25) is 5.02 Å². The van der Waals surface area contributed by atoms with E-state index in [1.165, 1.54) is 0 Å². The Morgan fingerprint density at radius 3 is 2.21 bits per heavy atom. The summed E-state index contributed by atoms with van der Waals surface area (Å²) < 4.78 is 0. The van der Waals surface area contributed by atoms with Crippen molar-refractivity contribution < 1.29 is 9.59 Å². The van der Waals surface area contributed by atoms with E-state index in [0.717, 1.165) is 10.5 Å². The zero-order valence-corrected chi connectivity index (χ0v) is 14.1. The van der Waals surface area contributed by atoms with Gasteiger partial charge in [0.15, 0.2) is 0 Å². The molecule has 4 nitrogen and oxygen atoms in total. The number of nitrogens with one attached hydrogen (secondary N) is 1. The lowest BCUT2D eigenvalue weighted by Crippen LogP contribution is -2.34. The fourth-order valence-corrected chi connectivity index (χ4v) is 2.78. The van der Waals surface area contributed by atoms with Crippen LogP contribution in [0.1, 0.15) is 5.56 Å². The first-order valence-electron chi connectivity index (χ1n) is 7.39. The third-order valence-corrected chi connectivity index (χ3v) is 4.29. The molecule has 0 fully saturated rings. The highest BCUT2D eigenvalue weighted by atomic mass is 35.5. The van der Waals surface area contributed by atoms with Crippen LogP contribution >= 0.6 is 23.2 Å². The van der Waals surface area contributed by atoms with Crippen molar-refractivity contribution in [1.29, 1.82) is 0 Å². The summed E-state index contributed by atoms with van der Waals surface area (Å²) in [6, 6.07) is 16.5. The van der Waals surface area contributed by atoms with Crippen LogP contribution in [0.25, 0.3) is 0 Å². The molecule has 1 N–H and O–H groups in total. The highest BCUT2D eigenvalue weighted by molar-refractivity contribution is 6.48. The van der Waals surface area contributed by atoms with E-state index < -0.39 is 11.8 Å². The predicted octanol–water partition coefficient (Wildman–Crippen LogP) is 3.81. The lowest BCUT2D eigenvalue weighted by atomic mass is 10.1. The van der Waals surface area contributed by atoms with Gasteiger partial charge in [-0.05, 0) is 36.2 Å². The molecule has 0 spiro atoms. The highest BCUT2D eigenvalue weighted by Crippen LogP contribution is 2.26. The first-order chi connectivity index (χ1) is 11.6. The lowest BCUT2D eigenvalue weighted by molar-refractivity contribution is -0.137. The van der Waals surface area contributed by atoms with Crippen LogP contribution in [-0.4, -0.2) is 23.3 Å². The van der Waals surface area contributed by atoms with Crippen LogP contribution in [-0.2, 0) is 16.0 Å². The number of carbonyl (C=O) groups excluding carboxylic acids is 2. The average Bonchev–Trinajstić information content (AvgIpc) is 2.79. The Kier molecular flexibility index (Phi) is 4.88. The van der Waals surface area contributed by atoms with Crippen molar-refractivity contribution >= 4 is 40.7 Å². The van der Waals surface area contributed by atoms with Crippen LogP contribution in [0.4, 0.5) is 5.69 Å². The van der Waals surface area contributed by atoms with E-state index in [9.17, 15) is 9.59 Å². The van der Waals surface area contributed by atoms with Crippen molar-refractivity contribution in [1.82, 2.24) is 4.90 Å². The van der Waals surface area contributed by atoms with Gasteiger partial charge in [-0.15, -0.1) is 0 Å². The van der Waals surface area contributed by atoms with Gasteiger partial charge in [-0.2, -0.15) is 0 Å². The molecule has 0 saturated heterocycles. The number of rotatable bonds is 5. The molecule has 2 aromatic rings. The summed E-state index contributed by atoms with van der Waals surface area (Å²) >= 11 is 11.9. The SMILES string of the molecule is O=C1C(Cl)=C(Nc2ccc(Cl)cc2)C(=O)N1CCc1ccccc1. The minimum absolute atomic E-state index is 0.0944. The van der Waals surface area contributed by atoms with Gasteiger partial charge in [-0.1, -0.05) is 53.5 Å². The van der Waals surface area contributed by atoms with E-state index >= 15 is 0 Å². The number of carbonyl (C=O) groups is 2. The summed E-state index contributed by atoms with van der Waals surface area (Å²) in [6.07, 6.45) is 0.580. The Bertz CT molecular complexity index is 802. The molecule has 2 amide bonds. The van der Waals surface area contributed by atoms with E-state index in [4.69, 9.17) is 23.2 Å². The normalized spacial score (nSPS) is 14.5. The first-order valence-corrected chi connectivity index (χ1v) is 8.14. The Labute approximate surface area is 149 Å². The van der Waals surface area contributed by atoms with Crippen molar-refractivity contribution in [3.63, 3.8) is 0 Å². The summed E-state index contributed by atoms with van der Waals surface area (Å²) in [4.78, 5) is 25.9. The van der Waals surface area contributed by atoms with Crippen molar-refractivity contribution in [2.75, 3.05) is 11.9 Å². The van der Waals surface area contributed by atoms with Crippen molar-refractivity contribution in [2.45, 2.75) is 6.42 Å². The van der Waals surface area contributed by atoms with E-state index in [-0.39, 0.29) is 17.3 Å². The molecule has 0 saturated carbocycles. The molecule has 2 aromatic carbocycles. The maximum Gasteiger partial charge on any atom is 0.278 e. The van der Waals surface area contributed by atoms with E-state index in [1.807, 2.05) is 30.3 Å². The molecule has 1 aliphatic heterocycles. The monoisotopic (exact) mass is 360 g/mol. The van der Waals surface area contributed by atoms with Gasteiger partial charge in [-0.25, -0.2) is 0 Å². The predicted molar refractivity (Wildman–Crippen MR) is 94.8 cm³/mol. The summed E-state index contributed by atoms with van der Waals surface area (Å²) in [5.74, 6) is -0.898. The second-order valence-corrected chi connectivity index (χ2v) is 6.13. The molecular formula is C18H14Cl2N2O2. The molecular weight excluding hydrogens is 347 g/mol. The molecule has 0 bridgehead atoms. The quantitative estimate of drug-likeness (QED) is 0.824. The molecule has 122 valence electrons. The maximum absolute atomic E-state index is 12.5. The van der Waals surface area contributed by atoms with Crippen LogP contribution in [0.3, 0.4) is 0 Å². The Morgan fingerprint density at radius 2 is 1.54 bits per heavy atom. The molecule has 0 unspecified atom stereocenters. The minimum Gasteiger partial charge on any atom is -0.350 e. The van der Waals surface area contributed by atoms with E-state index in [1.54, 1.807) is 24.3 Å². The number of halogens is 2. The molecule has 0 radical (unpaired) electrons. The summed E-state index contributed by atoms with van der Waals surface area (Å²) in [5, 5.41) is 3.39. The molecule has 0 aromatic heterocycles. The van der Waals surface area contributed by atoms with Crippen molar-refractivity contribution in [2.24, 2.45) is 0 Å². The number of imide groups is 1. The third-order valence-electron chi connectivity index (χ3n) is 3.69. The third kappa shape index (κ3) is 3.45. The van der Waals surface area contributed by atoms with Crippen LogP contribution < -0.4 is 5.32 Å². The first kappa shape index (κ1) is 16.6. The van der Waals surface area contributed by atoms with Crippen LogP contribution in [0.15, 0.2) is 65.3 Å². The van der Waals surface area contributed by atoms with Gasteiger partial charge in [0.25, 0.3) is 11.8 Å². The van der Waals surface area contributed by atoms with Gasteiger partial charge in [-0.3, -0.25) is 14.5 Å². The Hall–Kier alpha value is -2.30. The second-order valence-electron chi connectivity index (χ2n) is 5.32. The van der Waals surface area contributed by atoms with Gasteiger partial charge in [0.2, 0.25) is 0 Å². The Balaban J connectivity index is 1.71. The average molecular weight is 361 g/mol.